The Morgan fingerprint density at radius 2 is 2.33 bits per heavy atom. The number of hydrogen-bond donors (Lipinski definition) is 2. The van der Waals surface area contributed by atoms with Crippen LogP contribution in [0.1, 0.15) is 28.8 Å². The number of likely N-dealkylation sites (tertiary alicyclic amines) is 1. The largest absolute Gasteiger partial charge is 0.366 e. The average Bonchev–Trinajstić information content (AvgIpc) is 2.86. The van der Waals surface area contributed by atoms with Crippen LogP contribution in [-0.2, 0) is 6.54 Å². The topological polar surface area (TPSA) is 102 Å². The molecular weight excluding hydrogens is 272 g/mol. The maximum atomic E-state index is 11.2. The molecule has 1 amide bonds. The number of rotatable bonds is 6. The van der Waals surface area contributed by atoms with E-state index in [1.165, 1.54) is 6.07 Å². The maximum Gasteiger partial charge on any atom is 0.274 e. The lowest BCUT2D eigenvalue weighted by atomic mass is 10.1. The molecule has 1 aliphatic heterocycles. The number of likely N-dealkylation sites (N-methyl/N-ethyl adjacent to an activating group) is 1. The lowest BCUT2D eigenvalue weighted by Crippen LogP contribution is -2.36. The lowest BCUT2D eigenvalue weighted by molar-refractivity contribution is -0.385. The zero-order valence-corrected chi connectivity index (χ0v) is 12.0. The fourth-order valence-corrected chi connectivity index (χ4v) is 2.81. The summed E-state index contributed by atoms with van der Waals surface area (Å²) in [7, 11) is 1.90. The number of amides is 1. The van der Waals surface area contributed by atoms with Gasteiger partial charge in [-0.2, -0.15) is 0 Å². The van der Waals surface area contributed by atoms with Crippen LogP contribution in [0, 0.1) is 10.1 Å². The highest BCUT2D eigenvalue weighted by Gasteiger charge is 2.26. The zero-order chi connectivity index (χ0) is 15.4. The molecule has 1 unspecified atom stereocenters. The minimum Gasteiger partial charge on any atom is -0.366 e. The molecular formula is C14H20N4O3. The van der Waals surface area contributed by atoms with Gasteiger partial charge in [-0.3, -0.25) is 19.8 Å². The van der Waals surface area contributed by atoms with Gasteiger partial charge in [0.2, 0.25) is 5.91 Å². The number of nitrogens with two attached hydrogens (primary N) is 1. The fraction of sp³-hybridized carbons (Fsp3) is 0.500. The van der Waals surface area contributed by atoms with E-state index < -0.39 is 10.8 Å². The van der Waals surface area contributed by atoms with Gasteiger partial charge in [-0.1, -0.05) is 6.07 Å². The number of nitro groups is 1. The molecule has 7 heteroatoms. The minimum absolute atomic E-state index is 0.0404. The Morgan fingerprint density at radius 1 is 1.57 bits per heavy atom. The molecule has 1 aromatic rings. The van der Waals surface area contributed by atoms with Crippen LogP contribution < -0.4 is 11.1 Å². The quantitative estimate of drug-likeness (QED) is 0.598. The van der Waals surface area contributed by atoms with Crippen LogP contribution in [0.25, 0.3) is 0 Å². The number of carbonyl (C=O) groups is 1. The number of benzene rings is 1. The summed E-state index contributed by atoms with van der Waals surface area (Å²) in [6.45, 7) is 2.32. The molecule has 1 atom stereocenters. The van der Waals surface area contributed by atoms with E-state index in [4.69, 9.17) is 5.73 Å². The first kappa shape index (κ1) is 15.4. The summed E-state index contributed by atoms with van der Waals surface area (Å²) in [6, 6.07) is 4.84. The van der Waals surface area contributed by atoms with Crippen molar-refractivity contribution in [3.63, 3.8) is 0 Å². The Labute approximate surface area is 123 Å². The number of hydrogen-bond acceptors (Lipinski definition) is 5. The monoisotopic (exact) mass is 292 g/mol. The van der Waals surface area contributed by atoms with Crippen LogP contribution in [0.3, 0.4) is 0 Å². The van der Waals surface area contributed by atoms with Crippen molar-refractivity contribution < 1.29 is 9.72 Å². The van der Waals surface area contributed by atoms with Crippen LogP contribution >= 0.6 is 0 Å². The standard InChI is InChI=1S/C14H20N4O3/c1-16-8-12-3-2-6-17(12)9-11-5-4-10(14(15)19)7-13(11)18(20)21/h4-5,7,12,16H,2-3,6,8-9H2,1H3,(H2,15,19). The van der Waals surface area contributed by atoms with Crippen LogP contribution in [0.15, 0.2) is 18.2 Å². The first-order chi connectivity index (χ1) is 10.0. The van der Waals surface area contributed by atoms with Crippen molar-refractivity contribution in [1.82, 2.24) is 10.2 Å². The van der Waals surface area contributed by atoms with Crippen molar-refractivity contribution in [2.24, 2.45) is 5.73 Å². The van der Waals surface area contributed by atoms with E-state index in [1.807, 2.05) is 7.05 Å². The first-order valence-electron chi connectivity index (χ1n) is 6.98. The molecule has 0 spiro atoms. The molecule has 3 N–H and O–H groups in total. The van der Waals surface area contributed by atoms with Crippen molar-refractivity contribution in [1.29, 1.82) is 0 Å². The Morgan fingerprint density at radius 3 is 2.95 bits per heavy atom. The normalized spacial score (nSPS) is 18.8. The van der Waals surface area contributed by atoms with Crippen LogP contribution in [0.5, 0.6) is 0 Å². The number of nitrogens with one attached hydrogen (secondary N) is 1. The smallest absolute Gasteiger partial charge is 0.274 e. The summed E-state index contributed by atoms with van der Waals surface area (Å²) in [5.74, 6) is -0.654. The van der Waals surface area contributed by atoms with E-state index >= 15 is 0 Å². The third kappa shape index (κ3) is 3.56. The summed E-state index contributed by atoms with van der Waals surface area (Å²) in [5, 5.41) is 14.4. The Kier molecular flexibility index (Phi) is 4.87. The summed E-state index contributed by atoms with van der Waals surface area (Å²) >= 11 is 0. The second-order valence-electron chi connectivity index (χ2n) is 5.29. The summed E-state index contributed by atoms with van der Waals surface area (Å²) in [4.78, 5) is 24.1. The van der Waals surface area contributed by atoms with Gasteiger partial charge < -0.3 is 11.1 Å². The number of nitro benzene ring substituents is 1. The molecule has 1 aromatic carbocycles. The third-order valence-corrected chi connectivity index (χ3v) is 3.88. The predicted octanol–water partition coefficient (Wildman–Crippen LogP) is 0.878. The van der Waals surface area contributed by atoms with Gasteiger partial charge in [0, 0.05) is 36.3 Å². The van der Waals surface area contributed by atoms with Crippen molar-refractivity contribution in [2.45, 2.75) is 25.4 Å². The Balaban J connectivity index is 2.23. The van der Waals surface area contributed by atoms with Gasteiger partial charge in [0.15, 0.2) is 0 Å². The molecule has 0 radical (unpaired) electrons. The van der Waals surface area contributed by atoms with Gasteiger partial charge >= 0.3 is 0 Å². The number of nitrogens with zero attached hydrogens (tertiary/aromatic N) is 2. The molecule has 0 aromatic heterocycles. The highest BCUT2D eigenvalue weighted by atomic mass is 16.6. The molecule has 2 rings (SSSR count). The first-order valence-corrected chi connectivity index (χ1v) is 6.98. The number of primary amides is 1. The van der Waals surface area contributed by atoms with Crippen LogP contribution in [0.4, 0.5) is 5.69 Å². The van der Waals surface area contributed by atoms with Crippen LogP contribution in [0.2, 0.25) is 0 Å². The average molecular weight is 292 g/mol. The molecule has 0 aliphatic carbocycles. The van der Waals surface area contributed by atoms with Gasteiger partial charge in [-0.05, 0) is 32.5 Å². The second-order valence-corrected chi connectivity index (χ2v) is 5.29. The third-order valence-electron chi connectivity index (χ3n) is 3.88. The summed E-state index contributed by atoms with van der Waals surface area (Å²) in [6.07, 6.45) is 2.19. The predicted molar refractivity (Wildman–Crippen MR) is 79.0 cm³/mol. The number of carbonyl (C=O) groups excluding carboxylic acids is 1. The summed E-state index contributed by atoms with van der Waals surface area (Å²) < 4.78 is 0. The van der Waals surface area contributed by atoms with E-state index in [9.17, 15) is 14.9 Å². The minimum atomic E-state index is -0.654. The molecule has 1 fully saturated rings. The summed E-state index contributed by atoms with van der Waals surface area (Å²) in [5.41, 5.74) is 5.92. The molecule has 21 heavy (non-hydrogen) atoms. The molecule has 1 saturated heterocycles. The van der Waals surface area contributed by atoms with E-state index in [0.717, 1.165) is 25.9 Å². The Hall–Kier alpha value is -1.99. The molecule has 7 nitrogen and oxygen atoms in total. The SMILES string of the molecule is CNCC1CCCN1Cc1ccc(C(N)=O)cc1[N+](=O)[O-]. The van der Waals surface area contributed by atoms with Crippen molar-refractivity contribution in [3.05, 3.63) is 39.4 Å². The highest BCUT2D eigenvalue weighted by molar-refractivity contribution is 5.93. The van der Waals surface area contributed by atoms with Gasteiger partial charge in [-0.15, -0.1) is 0 Å². The second kappa shape index (κ2) is 6.64. The molecule has 1 aliphatic rings. The van der Waals surface area contributed by atoms with Gasteiger partial charge in [0.05, 0.1) is 4.92 Å². The molecule has 114 valence electrons. The van der Waals surface area contributed by atoms with Gasteiger partial charge in [0.1, 0.15) is 0 Å². The van der Waals surface area contributed by atoms with E-state index in [2.05, 4.69) is 10.2 Å². The van der Waals surface area contributed by atoms with E-state index in [-0.39, 0.29) is 11.3 Å². The molecule has 1 heterocycles. The van der Waals surface area contributed by atoms with Crippen LogP contribution in [-0.4, -0.2) is 41.9 Å². The molecule has 0 saturated carbocycles. The zero-order valence-electron chi connectivity index (χ0n) is 12.0. The van der Waals surface area contributed by atoms with Crippen molar-refractivity contribution in [2.75, 3.05) is 20.1 Å². The van der Waals surface area contributed by atoms with Crippen molar-refractivity contribution in [3.8, 4) is 0 Å². The van der Waals surface area contributed by atoms with E-state index in [1.54, 1.807) is 12.1 Å². The maximum absolute atomic E-state index is 11.2. The fourth-order valence-electron chi connectivity index (χ4n) is 2.81. The van der Waals surface area contributed by atoms with E-state index in [0.29, 0.717) is 18.2 Å². The molecule has 0 bridgehead atoms. The van der Waals surface area contributed by atoms with Crippen molar-refractivity contribution >= 4 is 11.6 Å². The highest BCUT2D eigenvalue weighted by Crippen LogP contribution is 2.26. The lowest BCUT2D eigenvalue weighted by Gasteiger charge is -2.24. The van der Waals surface area contributed by atoms with Gasteiger partial charge in [-0.25, -0.2) is 0 Å². The van der Waals surface area contributed by atoms with Gasteiger partial charge in [0.25, 0.3) is 5.69 Å². The Bertz CT molecular complexity index is 547.